The van der Waals surface area contributed by atoms with Gasteiger partial charge in [0.25, 0.3) is 0 Å². The fraction of sp³-hybridized carbons (Fsp3) is 0.318. The summed E-state index contributed by atoms with van der Waals surface area (Å²) in [5.41, 5.74) is 2.34. The molecule has 1 aliphatic rings. The van der Waals surface area contributed by atoms with Gasteiger partial charge in [-0.3, -0.25) is 4.90 Å². The van der Waals surface area contributed by atoms with Gasteiger partial charge in [-0.15, -0.1) is 12.4 Å². The van der Waals surface area contributed by atoms with Crippen LogP contribution in [0.3, 0.4) is 0 Å². The van der Waals surface area contributed by atoms with Gasteiger partial charge in [-0.25, -0.2) is 4.98 Å². The summed E-state index contributed by atoms with van der Waals surface area (Å²) in [7, 11) is 0. The summed E-state index contributed by atoms with van der Waals surface area (Å²) < 4.78 is 5.94. The van der Waals surface area contributed by atoms with E-state index in [-0.39, 0.29) is 12.4 Å². The topological polar surface area (TPSA) is 29.3 Å². The Morgan fingerprint density at radius 2 is 1.70 bits per heavy atom. The van der Waals surface area contributed by atoms with Crippen LogP contribution in [-0.2, 0) is 13.0 Å². The van der Waals surface area contributed by atoms with Gasteiger partial charge in [0.1, 0.15) is 0 Å². The van der Waals surface area contributed by atoms with Crippen LogP contribution in [0.1, 0.15) is 24.3 Å². The minimum atomic E-state index is 0. The molecule has 0 N–H and O–H groups in total. The van der Waals surface area contributed by atoms with Crippen molar-refractivity contribution < 1.29 is 4.42 Å². The van der Waals surface area contributed by atoms with Crippen molar-refractivity contribution in [2.75, 3.05) is 13.1 Å². The molecular formula is C22H24Cl2N2O. The third-order valence-electron chi connectivity index (χ3n) is 5.13. The third kappa shape index (κ3) is 5.13. The van der Waals surface area contributed by atoms with E-state index in [0.29, 0.717) is 5.02 Å². The lowest BCUT2D eigenvalue weighted by atomic mass is 9.90. The predicted octanol–water partition coefficient (Wildman–Crippen LogP) is 5.87. The number of benzene rings is 2. The lowest BCUT2D eigenvalue weighted by Crippen LogP contribution is -2.33. The van der Waals surface area contributed by atoms with Crippen molar-refractivity contribution in [3.05, 3.63) is 77.3 Å². The Kier molecular flexibility index (Phi) is 6.95. The molecule has 0 unspecified atom stereocenters. The van der Waals surface area contributed by atoms with E-state index in [4.69, 9.17) is 16.0 Å². The first-order chi connectivity index (χ1) is 12.8. The molecule has 0 atom stereocenters. The number of hydrogen-bond donors (Lipinski definition) is 0. The first-order valence-electron chi connectivity index (χ1n) is 9.24. The Morgan fingerprint density at radius 1 is 1.00 bits per heavy atom. The fourth-order valence-corrected chi connectivity index (χ4v) is 3.89. The Hall–Kier alpha value is -1.81. The Morgan fingerprint density at radius 3 is 2.44 bits per heavy atom. The predicted molar refractivity (Wildman–Crippen MR) is 112 cm³/mol. The number of nitrogens with zero attached hydrogens (tertiary/aromatic N) is 2. The quantitative estimate of drug-likeness (QED) is 0.534. The molecule has 27 heavy (non-hydrogen) atoms. The zero-order valence-electron chi connectivity index (χ0n) is 15.2. The number of aromatic nitrogens is 1. The van der Waals surface area contributed by atoms with Crippen LogP contribution in [-0.4, -0.2) is 23.0 Å². The average molecular weight is 403 g/mol. The molecule has 2 heterocycles. The second-order valence-electron chi connectivity index (χ2n) is 7.01. The largest absolute Gasteiger partial charge is 0.439 e. The highest BCUT2D eigenvalue weighted by Gasteiger charge is 2.21. The van der Waals surface area contributed by atoms with Crippen molar-refractivity contribution in [2.45, 2.75) is 25.8 Å². The maximum absolute atomic E-state index is 6.24. The van der Waals surface area contributed by atoms with Crippen LogP contribution in [0.15, 0.2) is 65.2 Å². The lowest BCUT2D eigenvalue weighted by Gasteiger charge is -2.31. The van der Waals surface area contributed by atoms with Crippen LogP contribution in [0.2, 0.25) is 5.02 Å². The molecule has 0 radical (unpaired) electrons. The van der Waals surface area contributed by atoms with Crippen molar-refractivity contribution in [1.82, 2.24) is 9.88 Å². The van der Waals surface area contributed by atoms with Gasteiger partial charge < -0.3 is 4.42 Å². The molecule has 1 saturated heterocycles. The van der Waals surface area contributed by atoms with Crippen LogP contribution >= 0.6 is 24.0 Å². The molecule has 0 saturated carbocycles. The molecule has 4 rings (SSSR count). The van der Waals surface area contributed by atoms with Crippen LogP contribution in [0, 0.1) is 5.92 Å². The van der Waals surface area contributed by atoms with Gasteiger partial charge in [0.15, 0.2) is 5.76 Å². The van der Waals surface area contributed by atoms with Crippen molar-refractivity contribution >= 4 is 24.0 Å². The maximum Gasteiger partial charge on any atom is 0.209 e. The summed E-state index contributed by atoms with van der Waals surface area (Å²) in [5, 5.41) is 0.692. The van der Waals surface area contributed by atoms with Crippen molar-refractivity contribution in [2.24, 2.45) is 5.92 Å². The van der Waals surface area contributed by atoms with E-state index < -0.39 is 0 Å². The molecule has 0 bridgehead atoms. The molecule has 0 spiro atoms. The van der Waals surface area contributed by atoms with Crippen LogP contribution in [0.5, 0.6) is 0 Å². The van der Waals surface area contributed by atoms with Gasteiger partial charge in [-0.1, -0.05) is 54.1 Å². The van der Waals surface area contributed by atoms with Gasteiger partial charge in [-0.05, 0) is 56.0 Å². The van der Waals surface area contributed by atoms with Gasteiger partial charge in [-0.2, -0.15) is 0 Å². The second kappa shape index (κ2) is 9.41. The number of rotatable bonds is 5. The highest BCUT2D eigenvalue weighted by atomic mass is 35.5. The summed E-state index contributed by atoms with van der Waals surface area (Å²) in [6, 6.07) is 18.5. The minimum Gasteiger partial charge on any atom is -0.439 e. The Bertz CT molecular complexity index is 842. The molecule has 5 heteroatoms. The van der Waals surface area contributed by atoms with Gasteiger partial charge >= 0.3 is 0 Å². The zero-order valence-corrected chi connectivity index (χ0v) is 16.8. The van der Waals surface area contributed by atoms with Crippen LogP contribution in [0.25, 0.3) is 11.3 Å². The number of piperidine rings is 1. The summed E-state index contributed by atoms with van der Waals surface area (Å²) in [5.74, 6) is 2.28. The van der Waals surface area contributed by atoms with E-state index in [1.165, 1.54) is 24.8 Å². The molecular weight excluding hydrogens is 379 g/mol. The molecule has 3 nitrogen and oxygen atoms in total. The first kappa shape index (κ1) is 19.9. The summed E-state index contributed by atoms with van der Waals surface area (Å²) in [6.45, 7) is 2.96. The molecule has 2 aromatic carbocycles. The molecule has 1 aromatic heterocycles. The van der Waals surface area contributed by atoms with Crippen molar-refractivity contribution in [1.29, 1.82) is 0 Å². The molecule has 1 fully saturated rings. The number of likely N-dealkylation sites (tertiary alicyclic amines) is 1. The highest BCUT2D eigenvalue weighted by Crippen LogP contribution is 2.29. The van der Waals surface area contributed by atoms with Crippen molar-refractivity contribution in [3.63, 3.8) is 0 Å². The highest BCUT2D eigenvalue weighted by molar-refractivity contribution is 6.33. The van der Waals surface area contributed by atoms with E-state index in [1.807, 2.05) is 24.3 Å². The van der Waals surface area contributed by atoms with Gasteiger partial charge in [0.05, 0.1) is 17.8 Å². The number of halogens is 2. The van der Waals surface area contributed by atoms with Gasteiger partial charge in [0, 0.05) is 5.56 Å². The number of oxazole rings is 1. The second-order valence-corrected chi connectivity index (χ2v) is 7.41. The van der Waals surface area contributed by atoms with Crippen LogP contribution in [0.4, 0.5) is 0 Å². The van der Waals surface area contributed by atoms with Crippen molar-refractivity contribution in [3.8, 4) is 11.3 Å². The smallest absolute Gasteiger partial charge is 0.209 e. The first-order valence-corrected chi connectivity index (χ1v) is 9.61. The Balaban J connectivity index is 0.00000210. The monoisotopic (exact) mass is 402 g/mol. The fourth-order valence-electron chi connectivity index (χ4n) is 3.66. The summed E-state index contributed by atoms with van der Waals surface area (Å²) in [4.78, 5) is 6.88. The van der Waals surface area contributed by atoms with E-state index in [9.17, 15) is 0 Å². The van der Waals surface area contributed by atoms with Gasteiger partial charge in [0.2, 0.25) is 5.89 Å². The molecule has 0 amide bonds. The van der Waals surface area contributed by atoms with E-state index in [1.54, 1.807) is 6.20 Å². The molecule has 1 aliphatic heterocycles. The Labute approximate surface area is 171 Å². The maximum atomic E-state index is 6.24. The van der Waals surface area contributed by atoms with Crippen LogP contribution < -0.4 is 0 Å². The van der Waals surface area contributed by atoms with E-state index in [0.717, 1.165) is 42.8 Å². The summed E-state index contributed by atoms with van der Waals surface area (Å²) in [6.07, 6.45) is 5.42. The van der Waals surface area contributed by atoms with E-state index in [2.05, 4.69) is 40.2 Å². The molecule has 3 aromatic rings. The summed E-state index contributed by atoms with van der Waals surface area (Å²) >= 11 is 6.24. The minimum absolute atomic E-state index is 0. The SMILES string of the molecule is Cl.Clc1ccccc1-c1cnc(CN2CCC(Cc3ccccc3)CC2)o1. The number of hydrogen-bond acceptors (Lipinski definition) is 3. The normalized spacial score (nSPS) is 15.4. The molecule has 0 aliphatic carbocycles. The molecule has 142 valence electrons. The zero-order chi connectivity index (χ0) is 17.8. The average Bonchev–Trinajstić information content (AvgIpc) is 3.13. The third-order valence-corrected chi connectivity index (χ3v) is 5.46. The van der Waals surface area contributed by atoms with E-state index >= 15 is 0 Å². The standard InChI is InChI=1S/C22H23ClN2O.ClH/c23-20-9-5-4-8-19(20)21-15-24-22(26-21)16-25-12-10-18(11-13-25)14-17-6-2-1-3-7-17;/h1-9,15,18H,10-14,16H2;1H. The lowest BCUT2D eigenvalue weighted by molar-refractivity contribution is 0.164.